The molecule has 0 aliphatic rings. The minimum atomic E-state index is 0. The zero-order valence-corrected chi connectivity index (χ0v) is 8.06. The van der Waals surface area contributed by atoms with E-state index < -0.39 is 0 Å². The van der Waals surface area contributed by atoms with Crippen LogP contribution in [0.3, 0.4) is 0 Å². The summed E-state index contributed by atoms with van der Waals surface area (Å²) in [7, 11) is 0. The van der Waals surface area contributed by atoms with Crippen molar-refractivity contribution in [1.29, 1.82) is 0 Å². The molecule has 0 bridgehead atoms. The molecular weight excluding hydrogens is 315 g/mol. The van der Waals surface area contributed by atoms with Crippen molar-refractivity contribution in [3.05, 3.63) is 0 Å². The van der Waals surface area contributed by atoms with Gasteiger partial charge in [0.15, 0.2) is 0 Å². The minimum absolute atomic E-state index is 0. The van der Waals surface area contributed by atoms with Crippen LogP contribution in [0.2, 0.25) is 0 Å². The average Bonchev–Trinajstić information content (AvgIpc) is 0. The molecule has 4 heteroatoms. The van der Waals surface area contributed by atoms with Crippen molar-refractivity contribution in [2.24, 2.45) is 0 Å². The van der Waals surface area contributed by atoms with Crippen molar-refractivity contribution in [1.82, 2.24) is 0 Å². The molecule has 0 saturated heterocycles. The Morgan fingerprint density at radius 3 is 0.500 bits per heavy atom. The summed E-state index contributed by atoms with van der Waals surface area (Å²) >= 11 is 0. The number of hydrogen-bond acceptors (Lipinski definition) is 0. The van der Waals surface area contributed by atoms with Crippen LogP contribution in [0, 0.1) is 0 Å². The third kappa shape index (κ3) is 9.24. The zero-order valence-electron chi connectivity index (χ0n) is 1.72. The van der Waals surface area contributed by atoms with Gasteiger partial charge < -0.3 is 0 Å². The molecule has 0 aliphatic heterocycles. The fourth-order valence-electron chi connectivity index (χ4n) is 0. The molecule has 0 fully saturated rings. The summed E-state index contributed by atoms with van der Waals surface area (Å²) in [6.07, 6.45) is 0. The van der Waals surface area contributed by atoms with Crippen molar-refractivity contribution < 1.29 is 0 Å². The van der Waals surface area contributed by atoms with Crippen molar-refractivity contribution in [2.75, 3.05) is 0 Å². The van der Waals surface area contributed by atoms with Crippen LogP contribution in [-0.2, 0) is 0 Å². The summed E-state index contributed by atoms with van der Waals surface area (Å²) in [5, 5.41) is 0. The van der Waals surface area contributed by atoms with Gasteiger partial charge >= 0.3 is 26.6 Å². The molecule has 32 valence electrons. The Morgan fingerprint density at radius 2 is 0.500 bits per heavy atom. The van der Waals surface area contributed by atoms with E-state index in [1.165, 1.54) is 0 Å². The summed E-state index contributed by atoms with van der Waals surface area (Å²) in [6.45, 7) is 0. The molecule has 0 unspecified atom stereocenters. The molecule has 0 saturated carbocycles. The van der Waals surface area contributed by atoms with E-state index in [0.717, 1.165) is 0 Å². The second kappa shape index (κ2) is 21.7. The van der Waals surface area contributed by atoms with Crippen molar-refractivity contribution in [2.45, 2.75) is 0 Å². The molecule has 0 rings (SSSR count). The maximum atomic E-state index is 0. The molecule has 0 aromatic rings. The molecule has 4 heavy (non-hydrogen) atoms. The Morgan fingerprint density at radius 1 is 0.500 bits per heavy atom. The second-order valence-corrected chi connectivity index (χ2v) is 0. The van der Waals surface area contributed by atoms with E-state index in [1.54, 1.807) is 0 Å². The van der Waals surface area contributed by atoms with Gasteiger partial charge in [-0.3, -0.25) is 0 Å². The summed E-state index contributed by atoms with van der Waals surface area (Å²) in [5.41, 5.74) is 0. The fourth-order valence-corrected chi connectivity index (χ4v) is 0. The first-order chi connectivity index (χ1) is 0. The van der Waals surface area contributed by atoms with Gasteiger partial charge in [0.25, 0.3) is 0 Å². The molecule has 0 nitrogen and oxygen atoms in total. The predicted molar refractivity (Wildman–Crippen MR) is 30.3 cm³/mol. The maximum absolute atomic E-state index is 0. The van der Waals surface area contributed by atoms with Gasteiger partial charge in [0, 0.05) is 0 Å². The Kier molecular flexibility index (Phi) is 228. The first-order valence-corrected chi connectivity index (χ1v) is 0. The molecule has 0 aromatic heterocycles. The third-order valence-electron chi connectivity index (χ3n) is 0. The molecule has 0 heterocycles. The molecule has 0 aromatic carbocycles. The Balaban J connectivity index is 0. The van der Waals surface area contributed by atoms with Crippen LogP contribution in [0.4, 0.5) is 0 Å². The Hall–Kier alpha value is 1.77. The van der Waals surface area contributed by atoms with Crippen LogP contribution >= 0.6 is 37.2 Å². The number of rotatable bonds is 0. The van der Waals surface area contributed by atoms with Crippen LogP contribution in [-0.4, -0.2) is 26.6 Å². The van der Waals surface area contributed by atoms with Crippen LogP contribution < -0.4 is 0 Å². The topological polar surface area (TPSA) is 0 Å². The van der Waals surface area contributed by atoms with Gasteiger partial charge in [0.05, 0.1) is 0 Å². The monoisotopic (exact) mass is 319 g/mol. The van der Waals surface area contributed by atoms with E-state index in [9.17, 15) is 0 Å². The molecule has 0 atom stereocenters. The predicted octanol–water partition coefficient (Wildman–Crippen LogP) is 0.349. The second-order valence-electron chi connectivity index (χ2n) is 0. The van der Waals surface area contributed by atoms with E-state index in [0.29, 0.717) is 0 Å². The third-order valence-corrected chi connectivity index (χ3v) is 0. The van der Waals surface area contributed by atoms with Gasteiger partial charge in [0.2, 0.25) is 0 Å². The Labute approximate surface area is 63.4 Å². The van der Waals surface area contributed by atoms with Crippen molar-refractivity contribution in [3.63, 3.8) is 0 Å². The van der Waals surface area contributed by atoms with Crippen LogP contribution in [0.15, 0.2) is 0 Å². The summed E-state index contributed by atoms with van der Waals surface area (Å²) in [5.74, 6) is 0. The summed E-state index contributed by atoms with van der Waals surface area (Å²) in [6, 6.07) is 0. The molecule has 0 radical (unpaired) electrons. The molecule has 0 amide bonds. The Bertz CT molecular complexity index is 3.25. The molecular formula is H5Cl3Po. The van der Waals surface area contributed by atoms with Gasteiger partial charge in [-0.1, -0.05) is 0 Å². The van der Waals surface area contributed by atoms with Gasteiger partial charge in [0.1, 0.15) is 0 Å². The first-order valence-electron chi connectivity index (χ1n) is 0. The number of halogens is 3. The quantitative estimate of drug-likeness (QED) is 0.604. The van der Waals surface area contributed by atoms with Gasteiger partial charge in [-0.15, -0.1) is 37.2 Å². The van der Waals surface area contributed by atoms with Crippen molar-refractivity contribution >= 4 is 63.8 Å². The standard InChI is InChI=1S/3ClH.Po.2H/h3*1H;;;. The molecule has 0 aliphatic carbocycles. The van der Waals surface area contributed by atoms with Crippen LogP contribution in [0.25, 0.3) is 0 Å². The van der Waals surface area contributed by atoms with E-state index in [1.807, 2.05) is 0 Å². The van der Waals surface area contributed by atoms with Crippen LogP contribution in [0.1, 0.15) is 0 Å². The normalized spacial score (nSPS) is 0. The average molecular weight is 320 g/mol. The van der Waals surface area contributed by atoms with Gasteiger partial charge in [-0.2, -0.15) is 0 Å². The SMILES string of the molecule is Cl.Cl.Cl.[PoH2]. The van der Waals surface area contributed by atoms with E-state index in [4.69, 9.17) is 0 Å². The fraction of sp³-hybridized carbons (Fsp3) is 0. The van der Waals surface area contributed by atoms with E-state index in [2.05, 4.69) is 0 Å². The van der Waals surface area contributed by atoms with E-state index in [-0.39, 0.29) is 63.8 Å². The summed E-state index contributed by atoms with van der Waals surface area (Å²) in [4.78, 5) is 0. The zero-order chi connectivity index (χ0) is 0. The van der Waals surface area contributed by atoms with Crippen LogP contribution in [0.5, 0.6) is 0 Å². The van der Waals surface area contributed by atoms with E-state index >= 15 is 0 Å². The molecule has 0 N–H and O–H groups in total. The first kappa shape index (κ1) is 42.0. The van der Waals surface area contributed by atoms with Gasteiger partial charge in [-0.05, 0) is 0 Å². The number of hydrogen-bond donors (Lipinski definition) is 0. The summed E-state index contributed by atoms with van der Waals surface area (Å²) < 4.78 is 0. The van der Waals surface area contributed by atoms with Gasteiger partial charge in [-0.25, -0.2) is 0 Å². The molecule has 0 spiro atoms. The van der Waals surface area contributed by atoms with Crippen molar-refractivity contribution in [3.8, 4) is 0 Å².